The third-order valence-corrected chi connectivity index (χ3v) is 3.21. The Bertz CT molecular complexity index is 623. The molecule has 2 aromatic rings. The Balaban J connectivity index is 2.04. The van der Waals surface area contributed by atoms with Gasteiger partial charge in [-0.2, -0.15) is 5.10 Å². The largest absolute Gasteiger partial charge is 0.363 e. The van der Waals surface area contributed by atoms with Gasteiger partial charge in [0.1, 0.15) is 11.6 Å². The average molecular weight is 234 g/mol. The molecular formula is C10H14N6O. The minimum absolute atomic E-state index is 0.00557. The van der Waals surface area contributed by atoms with E-state index in [9.17, 15) is 4.79 Å². The van der Waals surface area contributed by atoms with E-state index < -0.39 is 0 Å². The first-order valence-corrected chi connectivity index (χ1v) is 5.57. The van der Waals surface area contributed by atoms with Gasteiger partial charge in [-0.05, 0) is 19.8 Å². The third kappa shape index (κ3) is 1.59. The van der Waals surface area contributed by atoms with Crippen LogP contribution >= 0.6 is 0 Å². The highest BCUT2D eigenvalue weighted by atomic mass is 16.1. The van der Waals surface area contributed by atoms with E-state index in [1.807, 2.05) is 0 Å². The monoisotopic (exact) mass is 234 g/mol. The number of hydrogen-bond donors (Lipinski definition) is 3. The Morgan fingerprint density at radius 1 is 1.65 bits per heavy atom. The minimum atomic E-state index is -0.267. The summed E-state index contributed by atoms with van der Waals surface area (Å²) in [5, 5.41) is 9.65. The van der Waals surface area contributed by atoms with Crippen LogP contribution in [0.4, 0.5) is 5.82 Å². The van der Waals surface area contributed by atoms with Gasteiger partial charge in [-0.3, -0.25) is 0 Å². The summed E-state index contributed by atoms with van der Waals surface area (Å²) in [6.45, 7) is 2.36. The summed E-state index contributed by atoms with van der Waals surface area (Å²) >= 11 is 0. The molecule has 1 saturated carbocycles. The number of nitrogens with one attached hydrogen (secondary N) is 2. The number of aromatic amines is 1. The van der Waals surface area contributed by atoms with Crippen molar-refractivity contribution in [2.24, 2.45) is 5.73 Å². The summed E-state index contributed by atoms with van der Waals surface area (Å²) in [7, 11) is 0. The number of aryl methyl sites for hydroxylation is 1. The Morgan fingerprint density at radius 3 is 3.06 bits per heavy atom. The van der Waals surface area contributed by atoms with Gasteiger partial charge >= 0.3 is 5.69 Å². The molecule has 7 nitrogen and oxygen atoms in total. The van der Waals surface area contributed by atoms with Crippen LogP contribution in [0.25, 0.3) is 5.65 Å². The molecule has 0 amide bonds. The molecule has 1 aliphatic rings. The minimum Gasteiger partial charge on any atom is -0.363 e. The molecule has 3 rings (SSSR count). The molecular weight excluding hydrogens is 220 g/mol. The van der Waals surface area contributed by atoms with Crippen LogP contribution in [0.15, 0.2) is 10.9 Å². The molecule has 0 aliphatic heterocycles. The summed E-state index contributed by atoms with van der Waals surface area (Å²) in [5.74, 6) is 1.33. The normalized spacial score (nSPS) is 17.3. The van der Waals surface area contributed by atoms with Crippen molar-refractivity contribution >= 4 is 11.5 Å². The molecule has 17 heavy (non-hydrogen) atoms. The highest BCUT2D eigenvalue weighted by Gasteiger charge is 2.41. The molecule has 0 aromatic carbocycles. The van der Waals surface area contributed by atoms with Gasteiger partial charge in [0, 0.05) is 12.6 Å². The fourth-order valence-electron chi connectivity index (χ4n) is 1.96. The lowest BCUT2D eigenvalue weighted by atomic mass is 10.3. The van der Waals surface area contributed by atoms with Crippen molar-refractivity contribution in [2.75, 3.05) is 11.9 Å². The van der Waals surface area contributed by atoms with Crippen molar-refractivity contribution in [2.45, 2.75) is 25.3 Å². The van der Waals surface area contributed by atoms with E-state index in [0.717, 1.165) is 18.7 Å². The van der Waals surface area contributed by atoms with Gasteiger partial charge in [0.05, 0.1) is 5.54 Å². The van der Waals surface area contributed by atoms with Crippen LogP contribution in [-0.4, -0.2) is 31.7 Å². The predicted octanol–water partition coefficient (Wildman–Crippen LogP) is -0.371. The number of H-pyrrole nitrogens is 1. The SMILES string of the molecule is Cc1nc(NC2(CN)CC2)cc2n[nH]c(=O)n12. The van der Waals surface area contributed by atoms with Crippen LogP contribution in [-0.2, 0) is 0 Å². The summed E-state index contributed by atoms with van der Waals surface area (Å²) in [5.41, 5.74) is 6.00. The maximum absolute atomic E-state index is 11.4. The maximum atomic E-state index is 11.4. The number of fused-ring (bicyclic) bond motifs is 1. The first-order chi connectivity index (χ1) is 8.13. The van der Waals surface area contributed by atoms with Crippen LogP contribution in [0.5, 0.6) is 0 Å². The number of nitrogens with zero attached hydrogens (tertiary/aromatic N) is 3. The third-order valence-electron chi connectivity index (χ3n) is 3.21. The van der Waals surface area contributed by atoms with E-state index in [-0.39, 0.29) is 11.2 Å². The lowest BCUT2D eigenvalue weighted by molar-refractivity contribution is 0.734. The lowest BCUT2D eigenvalue weighted by Gasteiger charge is -2.15. The molecule has 0 radical (unpaired) electrons. The average Bonchev–Trinajstić information content (AvgIpc) is 2.96. The second-order valence-corrected chi connectivity index (χ2v) is 4.52. The van der Waals surface area contributed by atoms with E-state index in [0.29, 0.717) is 18.0 Å². The predicted molar refractivity (Wildman–Crippen MR) is 63.0 cm³/mol. The van der Waals surface area contributed by atoms with E-state index in [1.54, 1.807) is 13.0 Å². The van der Waals surface area contributed by atoms with Gasteiger partial charge in [0.25, 0.3) is 0 Å². The van der Waals surface area contributed by atoms with Crippen molar-refractivity contribution in [3.05, 3.63) is 22.4 Å². The Hall–Kier alpha value is -1.89. The second kappa shape index (κ2) is 3.30. The highest BCUT2D eigenvalue weighted by Crippen LogP contribution is 2.37. The number of hydrogen-bond acceptors (Lipinski definition) is 5. The molecule has 0 spiro atoms. The number of anilines is 1. The summed E-state index contributed by atoms with van der Waals surface area (Å²) < 4.78 is 1.44. The smallest absolute Gasteiger partial charge is 0.349 e. The Labute approximate surface area is 97.0 Å². The second-order valence-electron chi connectivity index (χ2n) is 4.52. The molecule has 7 heteroatoms. The zero-order valence-corrected chi connectivity index (χ0v) is 9.53. The van der Waals surface area contributed by atoms with Gasteiger partial charge < -0.3 is 11.1 Å². The molecule has 1 fully saturated rings. The summed E-state index contributed by atoms with van der Waals surface area (Å²) in [6.07, 6.45) is 2.12. The molecule has 90 valence electrons. The zero-order chi connectivity index (χ0) is 12.0. The van der Waals surface area contributed by atoms with Gasteiger partial charge in [0.2, 0.25) is 0 Å². The summed E-state index contributed by atoms with van der Waals surface area (Å²) in [4.78, 5) is 15.8. The van der Waals surface area contributed by atoms with Crippen molar-refractivity contribution in [3.63, 3.8) is 0 Å². The quantitative estimate of drug-likeness (QED) is 0.672. The van der Waals surface area contributed by atoms with Crippen molar-refractivity contribution < 1.29 is 0 Å². The van der Waals surface area contributed by atoms with Crippen LogP contribution in [0.1, 0.15) is 18.7 Å². The molecule has 4 N–H and O–H groups in total. The molecule has 2 aromatic heterocycles. The van der Waals surface area contributed by atoms with E-state index in [2.05, 4.69) is 20.5 Å². The molecule has 0 saturated heterocycles. The first-order valence-electron chi connectivity index (χ1n) is 5.57. The van der Waals surface area contributed by atoms with Crippen molar-refractivity contribution in [1.29, 1.82) is 0 Å². The lowest BCUT2D eigenvalue weighted by Crippen LogP contribution is -2.31. The summed E-state index contributed by atoms with van der Waals surface area (Å²) in [6, 6.07) is 1.75. The number of nitrogens with two attached hydrogens (primary N) is 1. The highest BCUT2D eigenvalue weighted by molar-refractivity contribution is 5.52. The Morgan fingerprint density at radius 2 is 2.41 bits per heavy atom. The standard InChI is InChI=1S/C10H14N6O/c1-6-12-7(13-10(5-11)2-3-10)4-8-14-15-9(17)16(6)8/h4,13H,2-3,5,11H2,1H3,(H,15,17). The van der Waals surface area contributed by atoms with Gasteiger partial charge in [-0.1, -0.05) is 0 Å². The number of rotatable bonds is 3. The van der Waals surface area contributed by atoms with E-state index in [1.165, 1.54) is 4.40 Å². The molecule has 0 unspecified atom stereocenters. The topological polar surface area (TPSA) is 101 Å². The van der Waals surface area contributed by atoms with Crippen LogP contribution in [0.3, 0.4) is 0 Å². The molecule has 2 heterocycles. The van der Waals surface area contributed by atoms with Crippen LogP contribution in [0, 0.1) is 6.92 Å². The van der Waals surface area contributed by atoms with Crippen molar-refractivity contribution in [1.82, 2.24) is 19.6 Å². The molecule has 1 aliphatic carbocycles. The maximum Gasteiger partial charge on any atom is 0.349 e. The van der Waals surface area contributed by atoms with Gasteiger partial charge in [-0.15, -0.1) is 0 Å². The zero-order valence-electron chi connectivity index (χ0n) is 9.53. The fourth-order valence-corrected chi connectivity index (χ4v) is 1.96. The van der Waals surface area contributed by atoms with E-state index >= 15 is 0 Å². The number of aromatic nitrogens is 4. The molecule has 0 atom stereocenters. The van der Waals surface area contributed by atoms with Gasteiger partial charge in [0.15, 0.2) is 5.65 Å². The molecule has 0 bridgehead atoms. The van der Waals surface area contributed by atoms with E-state index in [4.69, 9.17) is 5.73 Å². The first kappa shape index (κ1) is 10.3. The van der Waals surface area contributed by atoms with Crippen molar-refractivity contribution in [3.8, 4) is 0 Å². The van der Waals surface area contributed by atoms with Gasteiger partial charge in [-0.25, -0.2) is 19.3 Å². The van der Waals surface area contributed by atoms with Crippen LogP contribution < -0.4 is 16.7 Å². The Kier molecular flexibility index (Phi) is 1.99. The fraction of sp³-hybridized carbons (Fsp3) is 0.500. The van der Waals surface area contributed by atoms with Crippen LogP contribution in [0.2, 0.25) is 0 Å².